The maximum Gasteiger partial charge on any atom is 0.128 e. The van der Waals surface area contributed by atoms with Crippen molar-refractivity contribution in [1.82, 2.24) is 9.88 Å². The molecule has 0 radical (unpaired) electrons. The number of anilines is 1. The molecule has 2 N–H and O–H groups in total. The Bertz CT molecular complexity index is 420. The van der Waals surface area contributed by atoms with Crippen LogP contribution in [0.5, 0.6) is 0 Å². The lowest BCUT2D eigenvalue weighted by molar-refractivity contribution is 0.0209. The molecular weight excluding hydrogens is 240 g/mol. The Morgan fingerprint density at radius 3 is 2.89 bits per heavy atom. The first-order valence-electron chi connectivity index (χ1n) is 7.09. The van der Waals surface area contributed by atoms with Crippen molar-refractivity contribution in [2.75, 3.05) is 44.3 Å². The van der Waals surface area contributed by atoms with E-state index >= 15 is 0 Å². The van der Waals surface area contributed by atoms with Gasteiger partial charge in [-0.3, -0.25) is 4.90 Å². The van der Waals surface area contributed by atoms with Gasteiger partial charge in [0.25, 0.3) is 0 Å². The molecule has 3 rings (SSSR count). The Labute approximate surface area is 114 Å². The van der Waals surface area contributed by atoms with Gasteiger partial charge in [0.1, 0.15) is 5.82 Å². The van der Waals surface area contributed by atoms with Crippen LogP contribution >= 0.6 is 0 Å². The van der Waals surface area contributed by atoms with E-state index in [9.17, 15) is 0 Å². The largest absolute Gasteiger partial charge is 0.379 e. The van der Waals surface area contributed by atoms with Gasteiger partial charge in [-0.1, -0.05) is 6.07 Å². The molecule has 2 saturated heterocycles. The maximum absolute atomic E-state index is 5.66. The molecule has 3 heterocycles. The predicted molar refractivity (Wildman–Crippen MR) is 75.1 cm³/mol. The van der Waals surface area contributed by atoms with Crippen LogP contribution in [0.15, 0.2) is 18.2 Å². The molecule has 0 amide bonds. The van der Waals surface area contributed by atoms with Crippen LogP contribution in [0.2, 0.25) is 0 Å². The third-order valence-corrected chi connectivity index (χ3v) is 4.05. The van der Waals surface area contributed by atoms with E-state index in [0.29, 0.717) is 12.6 Å². The Balaban J connectivity index is 1.64. The molecule has 2 aliphatic heterocycles. The molecule has 2 aliphatic rings. The van der Waals surface area contributed by atoms with Crippen molar-refractivity contribution >= 4 is 5.82 Å². The zero-order valence-corrected chi connectivity index (χ0v) is 11.3. The number of aromatic nitrogens is 1. The molecule has 0 saturated carbocycles. The zero-order chi connectivity index (χ0) is 13.1. The molecular formula is C14H22N4O. The van der Waals surface area contributed by atoms with Gasteiger partial charge in [0.05, 0.1) is 18.9 Å². The van der Waals surface area contributed by atoms with Gasteiger partial charge in [-0.25, -0.2) is 4.98 Å². The molecule has 1 atom stereocenters. The molecule has 0 aliphatic carbocycles. The van der Waals surface area contributed by atoms with Gasteiger partial charge in [0.15, 0.2) is 0 Å². The van der Waals surface area contributed by atoms with E-state index in [4.69, 9.17) is 10.5 Å². The lowest BCUT2D eigenvalue weighted by atomic mass is 10.2. The van der Waals surface area contributed by atoms with Gasteiger partial charge in [0.2, 0.25) is 0 Å². The van der Waals surface area contributed by atoms with Crippen molar-refractivity contribution in [2.24, 2.45) is 5.73 Å². The van der Waals surface area contributed by atoms with Crippen molar-refractivity contribution in [1.29, 1.82) is 0 Å². The number of nitrogens with zero attached hydrogens (tertiary/aromatic N) is 3. The van der Waals surface area contributed by atoms with Crippen molar-refractivity contribution in [2.45, 2.75) is 19.0 Å². The summed E-state index contributed by atoms with van der Waals surface area (Å²) in [5.74, 6) is 1.07. The molecule has 1 aromatic heterocycles. The summed E-state index contributed by atoms with van der Waals surface area (Å²) in [6, 6.07) is 6.76. The second-order valence-corrected chi connectivity index (χ2v) is 5.23. The first-order valence-corrected chi connectivity index (χ1v) is 7.09. The van der Waals surface area contributed by atoms with Gasteiger partial charge < -0.3 is 15.4 Å². The smallest absolute Gasteiger partial charge is 0.128 e. The maximum atomic E-state index is 5.66. The molecule has 0 bridgehead atoms. The van der Waals surface area contributed by atoms with Crippen LogP contribution < -0.4 is 10.6 Å². The molecule has 104 valence electrons. The quantitative estimate of drug-likeness (QED) is 0.857. The standard InChI is InChI=1S/C14H22N4O/c15-10-12-2-1-3-14(16-12)18-5-4-13(11-18)17-6-8-19-9-7-17/h1-3,13H,4-11,15H2. The highest BCUT2D eigenvalue weighted by atomic mass is 16.5. The Kier molecular flexibility index (Phi) is 3.96. The second-order valence-electron chi connectivity index (χ2n) is 5.23. The minimum Gasteiger partial charge on any atom is -0.379 e. The highest BCUT2D eigenvalue weighted by molar-refractivity contribution is 5.41. The summed E-state index contributed by atoms with van der Waals surface area (Å²) in [4.78, 5) is 9.54. The summed E-state index contributed by atoms with van der Waals surface area (Å²) in [7, 11) is 0. The minimum atomic E-state index is 0.509. The average Bonchev–Trinajstić information content (AvgIpc) is 2.98. The van der Waals surface area contributed by atoms with Gasteiger partial charge in [-0.2, -0.15) is 0 Å². The number of pyridine rings is 1. The lowest BCUT2D eigenvalue weighted by Crippen LogP contribution is -2.44. The van der Waals surface area contributed by atoms with Gasteiger partial charge >= 0.3 is 0 Å². The summed E-state index contributed by atoms with van der Waals surface area (Å²) in [5.41, 5.74) is 6.62. The van der Waals surface area contributed by atoms with E-state index in [0.717, 1.165) is 50.9 Å². The van der Waals surface area contributed by atoms with Crippen LogP contribution in [-0.2, 0) is 11.3 Å². The summed E-state index contributed by atoms with van der Waals surface area (Å²) in [6.45, 7) is 6.54. The number of nitrogens with two attached hydrogens (primary N) is 1. The molecule has 5 heteroatoms. The highest BCUT2D eigenvalue weighted by Crippen LogP contribution is 2.22. The third kappa shape index (κ3) is 2.88. The Morgan fingerprint density at radius 1 is 1.26 bits per heavy atom. The van der Waals surface area contributed by atoms with Gasteiger partial charge in [0, 0.05) is 38.8 Å². The fraction of sp³-hybridized carbons (Fsp3) is 0.643. The van der Waals surface area contributed by atoms with Crippen LogP contribution in [0.1, 0.15) is 12.1 Å². The number of hydrogen-bond acceptors (Lipinski definition) is 5. The van der Waals surface area contributed by atoms with Crippen molar-refractivity contribution < 1.29 is 4.74 Å². The van der Waals surface area contributed by atoms with Gasteiger partial charge in [-0.05, 0) is 18.6 Å². The second kappa shape index (κ2) is 5.86. The number of ether oxygens (including phenoxy) is 1. The lowest BCUT2D eigenvalue weighted by Gasteiger charge is -2.32. The number of rotatable bonds is 3. The number of hydrogen-bond donors (Lipinski definition) is 1. The first kappa shape index (κ1) is 12.8. The molecule has 19 heavy (non-hydrogen) atoms. The van der Waals surface area contributed by atoms with E-state index in [1.165, 1.54) is 6.42 Å². The van der Waals surface area contributed by atoms with Crippen LogP contribution in [0.3, 0.4) is 0 Å². The summed E-state index contributed by atoms with van der Waals surface area (Å²) < 4.78 is 5.42. The SMILES string of the molecule is NCc1cccc(N2CCC(N3CCOCC3)C2)n1. The van der Waals surface area contributed by atoms with Crippen molar-refractivity contribution in [3.63, 3.8) is 0 Å². The van der Waals surface area contributed by atoms with Crippen LogP contribution in [-0.4, -0.2) is 55.3 Å². The molecule has 0 spiro atoms. The molecule has 1 unspecified atom stereocenters. The highest BCUT2D eigenvalue weighted by Gasteiger charge is 2.29. The Morgan fingerprint density at radius 2 is 2.11 bits per heavy atom. The van der Waals surface area contributed by atoms with Crippen LogP contribution in [0.4, 0.5) is 5.82 Å². The molecule has 5 nitrogen and oxygen atoms in total. The first-order chi connectivity index (χ1) is 9.36. The van der Waals surface area contributed by atoms with E-state index in [2.05, 4.69) is 20.9 Å². The average molecular weight is 262 g/mol. The molecule has 0 aromatic carbocycles. The van der Waals surface area contributed by atoms with Crippen LogP contribution in [0.25, 0.3) is 0 Å². The van der Waals surface area contributed by atoms with Crippen molar-refractivity contribution in [3.8, 4) is 0 Å². The summed E-state index contributed by atoms with van der Waals surface area (Å²) in [6.07, 6.45) is 1.22. The number of morpholine rings is 1. The molecule has 2 fully saturated rings. The summed E-state index contributed by atoms with van der Waals surface area (Å²) in [5, 5.41) is 0. The predicted octanol–water partition coefficient (Wildman–Crippen LogP) is 0.451. The monoisotopic (exact) mass is 262 g/mol. The normalized spacial score (nSPS) is 24.9. The summed E-state index contributed by atoms with van der Waals surface area (Å²) >= 11 is 0. The minimum absolute atomic E-state index is 0.509. The molecule has 1 aromatic rings. The topological polar surface area (TPSA) is 54.6 Å². The zero-order valence-electron chi connectivity index (χ0n) is 11.3. The Hall–Kier alpha value is -1.17. The van der Waals surface area contributed by atoms with E-state index in [1.807, 2.05) is 12.1 Å². The third-order valence-electron chi connectivity index (χ3n) is 4.05. The van der Waals surface area contributed by atoms with E-state index < -0.39 is 0 Å². The van der Waals surface area contributed by atoms with E-state index in [-0.39, 0.29) is 0 Å². The van der Waals surface area contributed by atoms with Crippen molar-refractivity contribution in [3.05, 3.63) is 23.9 Å². The van der Waals surface area contributed by atoms with Gasteiger partial charge in [-0.15, -0.1) is 0 Å². The fourth-order valence-corrected chi connectivity index (χ4v) is 2.95. The fourth-order valence-electron chi connectivity index (χ4n) is 2.95. The van der Waals surface area contributed by atoms with Crippen LogP contribution in [0, 0.1) is 0 Å². The van der Waals surface area contributed by atoms with E-state index in [1.54, 1.807) is 0 Å².